The maximum atomic E-state index is 13.2. The van der Waals surface area contributed by atoms with Crippen molar-refractivity contribution in [1.29, 1.82) is 0 Å². The summed E-state index contributed by atoms with van der Waals surface area (Å²) in [5.41, 5.74) is 2.23. The largest absolute Gasteiger partial charge is 0.379 e. The van der Waals surface area contributed by atoms with Crippen molar-refractivity contribution in [2.45, 2.75) is 39.0 Å². The van der Waals surface area contributed by atoms with Crippen LogP contribution in [0, 0.1) is 12.8 Å². The van der Waals surface area contributed by atoms with Crippen molar-refractivity contribution < 1.29 is 9.53 Å². The summed E-state index contributed by atoms with van der Waals surface area (Å²) in [5, 5.41) is 0.870. The van der Waals surface area contributed by atoms with Crippen molar-refractivity contribution in [2.75, 3.05) is 44.3 Å². The molecule has 1 aromatic heterocycles. The van der Waals surface area contributed by atoms with Gasteiger partial charge in [0.15, 0.2) is 5.13 Å². The third-order valence-electron chi connectivity index (χ3n) is 5.69. The molecule has 2 heterocycles. The van der Waals surface area contributed by atoms with Crippen LogP contribution in [0.4, 0.5) is 5.13 Å². The van der Waals surface area contributed by atoms with Crippen LogP contribution in [0.15, 0.2) is 18.2 Å². The molecule has 1 saturated carbocycles. The molecule has 0 N–H and O–H groups in total. The minimum absolute atomic E-state index is 0. The second-order valence-corrected chi connectivity index (χ2v) is 8.76. The number of fused-ring (bicyclic) bond motifs is 1. The summed E-state index contributed by atoms with van der Waals surface area (Å²) in [4.78, 5) is 22.4. The van der Waals surface area contributed by atoms with Crippen LogP contribution in [0.2, 0.25) is 0 Å². The second kappa shape index (κ2) is 10.0. The van der Waals surface area contributed by atoms with Gasteiger partial charge in [-0.3, -0.25) is 14.6 Å². The average molecular weight is 424 g/mol. The molecule has 1 amide bonds. The van der Waals surface area contributed by atoms with Crippen molar-refractivity contribution in [1.82, 2.24) is 9.88 Å². The number of morpholine rings is 1. The summed E-state index contributed by atoms with van der Waals surface area (Å²) >= 11 is 1.65. The fourth-order valence-corrected chi connectivity index (χ4v) is 5.20. The first-order valence-corrected chi connectivity index (χ1v) is 11.0. The van der Waals surface area contributed by atoms with Gasteiger partial charge in [0.2, 0.25) is 5.91 Å². The van der Waals surface area contributed by atoms with Crippen molar-refractivity contribution in [3.8, 4) is 0 Å². The van der Waals surface area contributed by atoms with Gasteiger partial charge in [0.1, 0.15) is 0 Å². The van der Waals surface area contributed by atoms with Gasteiger partial charge in [-0.05, 0) is 43.9 Å². The lowest BCUT2D eigenvalue weighted by atomic mass is 10.1. The number of hydrogen-bond acceptors (Lipinski definition) is 5. The van der Waals surface area contributed by atoms with Crippen molar-refractivity contribution >= 4 is 45.0 Å². The minimum Gasteiger partial charge on any atom is -0.379 e. The molecule has 0 atom stereocenters. The zero-order chi connectivity index (χ0) is 18.6. The van der Waals surface area contributed by atoms with Crippen molar-refractivity contribution in [3.63, 3.8) is 0 Å². The van der Waals surface area contributed by atoms with Crippen LogP contribution in [0.25, 0.3) is 10.2 Å². The molecule has 154 valence electrons. The molecular weight excluding hydrogens is 394 g/mol. The van der Waals surface area contributed by atoms with Gasteiger partial charge in [-0.1, -0.05) is 30.2 Å². The van der Waals surface area contributed by atoms with E-state index in [1.54, 1.807) is 11.3 Å². The standard InChI is InChI=1S/C21H29N3O2S.ClH/c1-16-7-8-18-19(15-16)27-21(22-18)24(20(25)17-5-2-3-6-17)10-4-9-23-11-13-26-14-12-23;/h7-8,15,17H,2-6,9-14H2,1H3;1H. The molecule has 1 aliphatic heterocycles. The summed E-state index contributed by atoms with van der Waals surface area (Å²) < 4.78 is 6.60. The van der Waals surface area contributed by atoms with E-state index in [0.29, 0.717) is 0 Å². The maximum absolute atomic E-state index is 13.2. The number of aromatic nitrogens is 1. The molecule has 4 rings (SSSR count). The van der Waals surface area contributed by atoms with Crippen molar-refractivity contribution in [3.05, 3.63) is 23.8 Å². The van der Waals surface area contributed by atoms with Crippen LogP contribution in [0.5, 0.6) is 0 Å². The first-order valence-electron chi connectivity index (χ1n) is 10.2. The Labute approximate surface area is 177 Å². The highest BCUT2D eigenvalue weighted by Gasteiger charge is 2.29. The Morgan fingerprint density at radius 2 is 2.04 bits per heavy atom. The molecule has 2 aliphatic rings. The van der Waals surface area contributed by atoms with E-state index in [1.165, 1.54) is 23.1 Å². The highest BCUT2D eigenvalue weighted by atomic mass is 35.5. The minimum atomic E-state index is 0. The Hall–Kier alpha value is -1.21. The molecule has 0 radical (unpaired) electrons. The number of rotatable bonds is 6. The van der Waals surface area contributed by atoms with Crippen LogP contribution in [0.3, 0.4) is 0 Å². The number of halogens is 1. The van der Waals surface area contributed by atoms with E-state index < -0.39 is 0 Å². The number of nitrogens with zero attached hydrogens (tertiary/aromatic N) is 3. The predicted molar refractivity (Wildman–Crippen MR) is 118 cm³/mol. The third-order valence-corrected chi connectivity index (χ3v) is 6.73. The average Bonchev–Trinajstić information content (AvgIpc) is 3.35. The number of anilines is 1. The van der Waals surface area contributed by atoms with E-state index in [2.05, 4.69) is 30.0 Å². The molecule has 2 aromatic rings. The Kier molecular flexibility index (Phi) is 7.69. The Bertz CT molecular complexity index is 785. The first kappa shape index (κ1) is 21.5. The molecule has 1 saturated heterocycles. The van der Waals surface area contributed by atoms with Gasteiger partial charge in [-0.2, -0.15) is 0 Å². The SMILES string of the molecule is Cc1ccc2nc(N(CCCN3CCOCC3)C(=O)C3CCCC3)sc2c1.Cl. The van der Waals surface area contributed by atoms with Crippen LogP contribution in [-0.4, -0.2) is 55.2 Å². The molecule has 0 unspecified atom stereocenters. The van der Waals surface area contributed by atoms with Gasteiger partial charge < -0.3 is 4.74 Å². The topological polar surface area (TPSA) is 45.7 Å². The smallest absolute Gasteiger partial charge is 0.231 e. The number of carbonyl (C=O) groups is 1. The zero-order valence-corrected chi connectivity index (χ0v) is 18.2. The quantitative estimate of drug-likeness (QED) is 0.695. The number of aryl methyl sites for hydroxylation is 1. The predicted octanol–water partition coefficient (Wildman–Crippen LogP) is 4.27. The first-order chi connectivity index (χ1) is 13.2. The molecule has 1 aromatic carbocycles. The summed E-state index contributed by atoms with van der Waals surface area (Å²) in [6, 6.07) is 6.33. The van der Waals surface area contributed by atoms with E-state index >= 15 is 0 Å². The number of ether oxygens (including phenoxy) is 1. The second-order valence-electron chi connectivity index (χ2n) is 7.75. The monoisotopic (exact) mass is 423 g/mol. The van der Waals surface area contributed by atoms with Gasteiger partial charge in [0, 0.05) is 32.1 Å². The van der Waals surface area contributed by atoms with Crippen LogP contribution >= 0.6 is 23.7 Å². The number of hydrogen-bond donors (Lipinski definition) is 0. The highest BCUT2D eigenvalue weighted by molar-refractivity contribution is 7.22. The molecule has 0 spiro atoms. The van der Waals surface area contributed by atoms with Gasteiger partial charge in [0.05, 0.1) is 23.4 Å². The molecule has 28 heavy (non-hydrogen) atoms. The Morgan fingerprint density at radius 3 is 2.79 bits per heavy atom. The fourth-order valence-electron chi connectivity index (χ4n) is 4.11. The number of amides is 1. The third kappa shape index (κ3) is 5.03. The summed E-state index contributed by atoms with van der Waals surface area (Å²) in [7, 11) is 0. The Balaban J connectivity index is 0.00000225. The Morgan fingerprint density at radius 1 is 1.29 bits per heavy atom. The highest BCUT2D eigenvalue weighted by Crippen LogP contribution is 2.33. The van der Waals surface area contributed by atoms with Crippen LogP contribution in [-0.2, 0) is 9.53 Å². The number of thiazole rings is 1. The van der Waals surface area contributed by atoms with Gasteiger partial charge in [-0.15, -0.1) is 12.4 Å². The van der Waals surface area contributed by atoms with E-state index in [-0.39, 0.29) is 24.2 Å². The number of benzene rings is 1. The van der Waals surface area contributed by atoms with Gasteiger partial charge in [0.25, 0.3) is 0 Å². The summed E-state index contributed by atoms with van der Waals surface area (Å²) in [6.07, 6.45) is 5.40. The summed E-state index contributed by atoms with van der Waals surface area (Å²) in [5.74, 6) is 0.465. The lowest BCUT2D eigenvalue weighted by Gasteiger charge is -2.28. The maximum Gasteiger partial charge on any atom is 0.231 e. The normalized spacial score (nSPS) is 18.3. The van der Waals surface area contributed by atoms with E-state index in [1.807, 2.05) is 4.90 Å². The lowest BCUT2D eigenvalue weighted by Crippen LogP contribution is -2.40. The van der Waals surface area contributed by atoms with Crippen LogP contribution in [0.1, 0.15) is 37.7 Å². The molecule has 1 aliphatic carbocycles. The van der Waals surface area contributed by atoms with E-state index in [4.69, 9.17) is 9.72 Å². The lowest BCUT2D eigenvalue weighted by molar-refractivity contribution is -0.122. The molecule has 5 nitrogen and oxygen atoms in total. The van der Waals surface area contributed by atoms with Gasteiger partial charge in [-0.25, -0.2) is 4.98 Å². The summed E-state index contributed by atoms with van der Waals surface area (Å²) in [6.45, 7) is 7.51. The van der Waals surface area contributed by atoms with Crippen LogP contribution < -0.4 is 4.90 Å². The van der Waals surface area contributed by atoms with Crippen molar-refractivity contribution in [2.24, 2.45) is 5.92 Å². The van der Waals surface area contributed by atoms with E-state index in [9.17, 15) is 4.79 Å². The fraction of sp³-hybridized carbons (Fsp3) is 0.619. The number of carbonyl (C=O) groups excluding carboxylic acids is 1. The molecule has 0 bridgehead atoms. The molecular formula is C21H30ClN3O2S. The zero-order valence-electron chi connectivity index (χ0n) is 16.6. The molecule has 7 heteroatoms. The van der Waals surface area contributed by atoms with E-state index in [0.717, 1.165) is 69.3 Å². The molecule has 2 fully saturated rings. The van der Waals surface area contributed by atoms with Gasteiger partial charge >= 0.3 is 0 Å².